The van der Waals surface area contributed by atoms with Crippen molar-refractivity contribution >= 4 is 23.5 Å². The number of thioether (sulfide) groups is 1. The van der Waals surface area contributed by atoms with Crippen LogP contribution in [0.1, 0.15) is 30.9 Å². The molecule has 0 bridgehead atoms. The second kappa shape index (κ2) is 6.48. The van der Waals surface area contributed by atoms with Crippen LogP contribution in [0.3, 0.4) is 0 Å². The summed E-state index contributed by atoms with van der Waals surface area (Å²) in [6.07, 6.45) is 3.95. The lowest BCUT2D eigenvalue weighted by Gasteiger charge is -2.32. The van der Waals surface area contributed by atoms with Crippen molar-refractivity contribution in [3.05, 3.63) is 59.6 Å². The number of nitrogens with zero attached hydrogens (tertiary/aromatic N) is 3. The first kappa shape index (κ1) is 16.1. The van der Waals surface area contributed by atoms with Crippen LogP contribution in [-0.2, 0) is 4.79 Å². The van der Waals surface area contributed by atoms with Crippen molar-refractivity contribution in [3.63, 3.8) is 0 Å². The van der Waals surface area contributed by atoms with Gasteiger partial charge in [-0.3, -0.25) is 4.79 Å². The van der Waals surface area contributed by atoms with Crippen LogP contribution in [0.4, 0.5) is 10.3 Å². The van der Waals surface area contributed by atoms with Crippen molar-refractivity contribution < 1.29 is 9.18 Å². The first-order valence-corrected chi connectivity index (χ1v) is 9.15. The lowest BCUT2D eigenvalue weighted by molar-refractivity contribution is -0.116. The summed E-state index contributed by atoms with van der Waals surface area (Å²) in [4.78, 5) is 17.1. The van der Waals surface area contributed by atoms with Crippen LogP contribution < -0.4 is 5.32 Å². The molecule has 4 rings (SSSR count). The molecule has 2 aliphatic rings. The van der Waals surface area contributed by atoms with E-state index in [1.54, 1.807) is 22.9 Å². The highest BCUT2D eigenvalue weighted by atomic mass is 32.2. The zero-order valence-corrected chi connectivity index (χ0v) is 14.4. The number of benzene rings is 1. The lowest BCUT2D eigenvalue weighted by atomic mass is 9.85. The Balaban J connectivity index is 1.83. The maximum absolute atomic E-state index is 13.4. The minimum absolute atomic E-state index is 0.115. The largest absolute Gasteiger partial charge is 0.328 e. The van der Waals surface area contributed by atoms with Crippen molar-refractivity contribution in [2.75, 3.05) is 11.1 Å². The summed E-state index contributed by atoms with van der Waals surface area (Å²) in [5, 5.41) is 8.47. The molecular weight excluding hydrogens is 339 g/mol. The van der Waals surface area contributed by atoms with Crippen LogP contribution in [-0.4, -0.2) is 26.3 Å². The van der Waals surface area contributed by atoms with Gasteiger partial charge in [-0.25, -0.2) is 9.07 Å². The minimum Gasteiger partial charge on any atom is -0.328 e. The van der Waals surface area contributed by atoms with Gasteiger partial charge in [-0.1, -0.05) is 30.0 Å². The minimum atomic E-state index is -0.370. The average Bonchev–Trinajstić information content (AvgIpc) is 3.01. The van der Waals surface area contributed by atoms with Crippen molar-refractivity contribution in [3.8, 4) is 0 Å². The van der Waals surface area contributed by atoms with Crippen molar-refractivity contribution in [1.29, 1.82) is 0 Å². The maximum Gasteiger partial charge on any atom is 0.227 e. The molecule has 0 saturated heterocycles. The van der Waals surface area contributed by atoms with Crippen molar-refractivity contribution in [1.82, 2.24) is 14.8 Å². The van der Waals surface area contributed by atoms with Gasteiger partial charge in [0.15, 0.2) is 5.78 Å². The topological polar surface area (TPSA) is 59.8 Å². The molecule has 1 N–H and O–H groups in total. The van der Waals surface area contributed by atoms with Gasteiger partial charge in [0.1, 0.15) is 11.9 Å². The summed E-state index contributed by atoms with van der Waals surface area (Å²) in [5.41, 5.74) is 2.46. The Hall–Kier alpha value is -2.41. The normalized spacial score (nSPS) is 19.2. The molecule has 1 aliphatic carbocycles. The molecule has 0 fully saturated rings. The Morgan fingerprint density at radius 2 is 2.16 bits per heavy atom. The number of carbonyl (C=O) groups excluding carboxylic acids is 1. The van der Waals surface area contributed by atoms with Crippen molar-refractivity contribution in [2.45, 2.75) is 30.5 Å². The number of ketones is 1. The van der Waals surface area contributed by atoms with E-state index in [2.05, 4.69) is 22.0 Å². The lowest BCUT2D eigenvalue weighted by Crippen LogP contribution is -2.31. The van der Waals surface area contributed by atoms with Crippen LogP contribution in [0.2, 0.25) is 0 Å². The van der Waals surface area contributed by atoms with E-state index in [0.29, 0.717) is 23.3 Å². The summed E-state index contributed by atoms with van der Waals surface area (Å²) in [6.45, 7) is 3.71. The van der Waals surface area contributed by atoms with Gasteiger partial charge in [0.25, 0.3) is 0 Å². The summed E-state index contributed by atoms with van der Waals surface area (Å²) >= 11 is 1.48. The molecule has 2 heterocycles. The molecule has 0 saturated carbocycles. The van der Waals surface area contributed by atoms with E-state index in [1.165, 1.54) is 23.9 Å². The number of Topliss-reactive ketones (excluding diaryl/α,β-unsaturated/α-hetero) is 1. The first-order chi connectivity index (χ1) is 12.2. The molecule has 7 heteroatoms. The average molecular weight is 356 g/mol. The van der Waals surface area contributed by atoms with Crippen LogP contribution in [0.5, 0.6) is 0 Å². The fourth-order valence-corrected chi connectivity index (χ4v) is 3.85. The molecule has 0 unspecified atom stereocenters. The number of hydrogen-bond acceptors (Lipinski definition) is 5. The molecule has 1 aromatic carbocycles. The highest BCUT2D eigenvalue weighted by Gasteiger charge is 2.36. The Morgan fingerprint density at radius 3 is 2.92 bits per heavy atom. The van der Waals surface area contributed by atoms with E-state index < -0.39 is 0 Å². The maximum atomic E-state index is 13.4. The second-order valence-electron chi connectivity index (χ2n) is 6.01. The second-order valence-corrected chi connectivity index (χ2v) is 7.00. The Kier molecular flexibility index (Phi) is 4.17. The third-order valence-electron chi connectivity index (χ3n) is 4.36. The van der Waals surface area contributed by atoms with Crippen LogP contribution >= 0.6 is 11.8 Å². The number of nitrogens with one attached hydrogen (secondary N) is 1. The van der Waals surface area contributed by atoms with Gasteiger partial charge in [-0.2, -0.15) is 4.98 Å². The molecule has 0 amide bonds. The third-order valence-corrected chi connectivity index (χ3v) is 5.20. The SMILES string of the molecule is C=CCSc1nc2n(n1)[C@@H](c1ccc(F)cc1)C1=C(CCCC1=O)N2. The van der Waals surface area contributed by atoms with E-state index in [9.17, 15) is 9.18 Å². The predicted octanol–water partition coefficient (Wildman–Crippen LogP) is 3.72. The van der Waals surface area contributed by atoms with Crippen LogP contribution in [0.15, 0.2) is 53.3 Å². The zero-order valence-electron chi connectivity index (χ0n) is 13.5. The molecule has 128 valence electrons. The first-order valence-electron chi connectivity index (χ1n) is 8.16. The van der Waals surface area contributed by atoms with Gasteiger partial charge < -0.3 is 5.32 Å². The smallest absolute Gasteiger partial charge is 0.227 e. The summed E-state index contributed by atoms with van der Waals surface area (Å²) in [6, 6.07) is 5.87. The number of halogens is 1. The Bertz CT molecular complexity index is 872. The molecule has 0 spiro atoms. The number of hydrogen-bond donors (Lipinski definition) is 1. The monoisotopic (exact) mass is 356 g/mol. The van der Waals surface area contributed by atoms with Crippen LogP contribution in [0, 0.1) is 5.82 Å². The zero-order chi connectivity index (χ0) is 17.4. The van der Waals surface area contributed by atoms with Gasteiger partial charge in [-0.05, 0) is 30.5 Å². The molecule has 1 aromatic heterocycles. The Morgan fingerprint density at radius 1 is 1.36 bits per heavy atom. The summed E-state index contributed by atoms with van der Waals surface area (Å²) < 4.78 is 15.1. The predicted molar refractivity (Wildman–Crippen MR) is 95.0 cm³/mol. The number of fused-ring (bicyclic) bond motifs is 1. The van der Waals surface area contributed by atoms with E-state index in [4.69, 9.17) is 0 Å². The van der Waals surface area contributed by atoms with Crippen LogP contribution in [0.25, 0.3) is 0 Å². The fraction of sp³-hybridized carbons (Fsp3) is 0.278. The van der Waals surface area contributed by atoms with Gasteiger partial charge in [0.2, 0.25) is 11.1 Å². The Labute approximate surface area is 149 Å². The van der Waals surface area contributed by atoms with Gasteiger partial charge in [0.05, 0.1) is 0 Å². The molecule has 5 nitrogen and oxygen atoms in total. The van der Waals surface area contributed by atoms with E-state index in [1.807, 2.05) is 0 Å². The molecule has 1 aliphatic heterocycles. The molecule has 2 aromatic rings. The highest BCUT2D eigenvalue weighted by Crippen LogP contribution is 2.40. The summed E-state index contributed by atoms with van der Waals surface area (Å²) in [7, 11) is 0. The van der Waals surface area contributed by atoms with E-state index in [-0.39, 0.29) is 17.6 Å². The van der Waals surface area contributed by atoms with Gasteiger partial charge in [-0.15, -0.1) is 11.7 Å². The quantitative estimate of drug-likeness (QED) is 0.668. The summed E-state index contributed by atoms with van der Waals surface area (Å²) in [5.74, 6) is 1.14. The molecule has 1 atom stereocenters. The van der Waals surface area contributed by atoms with E-state index in [0.717, 1.165) is 29.7 Å². The third kappa shape index (κ3) is 2.89. The number of rotatable bonds is 4. The molecule has 25 heavy (non-hydrogen) atoms. The van der Waals surface area contributed by atoms with E-state index >= 15 is 0 Å². The number of allylic oxidation sites excluding steroid dienone is 2. The fourth-order valence-electron chi connectivity index (χ4n) is 3.28. The van der Waals surface area contributed by atoms with Crippen molar-refractivity contribution in [2.24, 2.45) is 0 Å². The number of carbonyl (C=O) groups is 1. The standard InChI is InChI=1S/C18H17FN4OS/c1-2-10-25-18-21-17-20-13-4-3-5-14(24)15(13)16(23(17)22-18)11-6-8-12(19)9-7-11/h2,6-9,16H,1,3-5,10H2,(H,20,21,22)/t16-/m0/s1. The number of aromatic nitrogens is 3. The highest BCUT2D eigenvalue weighted by molar-refractivity contribution is 7.99. The number of anilines is 1. The molecular formula is C18H17FN4OS. The molecule has 0 radical (unpaired) electrons. The van der Waals surface area contributed by atoms with Gasteiger partial charge >= 0.3 is 0 Å². The van der Waals surface area contributed by atoms with Gasteiger partial charge in [0, 0.05) is 23.4 Å².